The van der Waals surface area contributed by atoms with E-state index in [9.17, 15) is 9.59 Å². The number of ether oxygens (including phenoxy) is 2. The van der Waals surface area contributed by atoms with Crippen molar-refractivity contribution in [2.75, 3.05) is 13.2 Å². The number of carbonyl (C=O) groups is 2. The fourth-order valence-corrected chi connectivity index (χ4v) is 1.11. The lowest BCUT2D eigenvalue weighted by molar-refractivity contribution is -0.167. The number of aliphatic hydroxyl groups is 2. The fraction of sp³-hybridized carbons (Fsp3) is 0.500. The molecule has 0 spiro atoms. The number of esters is 2. The summed E-state index contributed by atoms with van der Waals surface area (Å²) in [6, 6.07) is 0. The molecular formula is C12H18O6. The summed E-state index contributed by atoms with van der Waals surface area (Å²) in [5.41, 5.74) is 0. The fourth-order valence-electron chi connectivity index (χ4n) is 1.11. The molecule has 0 amide bonds. The second kappa shape index (κ2) is 9.38. The Kier molecular flexibility index (Phi) is 8.51. The third-order valence-corrected chi connectivity index (χ3v) is 1.92. The Bertz CT molecular complexity index is 289. The predicted molar refractivity (Wildman–Crippen MR) is 63.6 cm³/mol. The van der Waals surface area contributed by atoms with Crippen LogP contribution in [0, 0.1) is 0 Å². The molecule has 0 rings (SSSR count). The minimum Gasteiger partial charge on any atom is -0.453 e. The van der Waals surface area contributed by atoms with Gasteiger partial charge in [-0.1, -0.05) is 12.2 Å². The molecule has 0 aliphatic rings. The highest BCUT2D eigenvalue weighted by Gasteiger charge is 2.26. The Morgan fingerprint density at radius 1 is 0.944 bits per heavy atom. The molecule has 0 aromatic rings. The molecule has 0 aromatic carbocycles. The Hall–Kier alpha value is -1.66. The average molecular weight is 258 g/mol. The van der Waals surface area contributed by atoms with Gasteiger partial charge in [0.25, 0.3) is 0 Å². The first-order valence-corrected chi connectivity index (χ1v) is 5.47. The maximum absolute atomic E-state index is 11.2. The molecule has 0 fully saturated rings. The minimum atomic E-state index is -1.10. The van der Waals surface area contributed by atoms with Gasteiger partial charge in [0.05, 0.1) is 13.2 Å². The smallest absolute Gasteiger partial charge is 0.330 e. The molecule has 0 bridgehead atoms. The van der Waals surface area contributed by atoms with Crippen molar-refractivity contribution >= 4 is 11.9 Å². The van der Waals surface area contributed by atoms with Gasteiger partial charge in [0.1, 0.15) is 0 Å². The highest BCUT2D eigenvalue weighted by atomic mass is 16.6. The number of hydrogen-bond acceptors (Lipinski definition) is 6. The van der Waals surface area contributed by atoms with Crippen molar-refractivity contribution < 1.29 is 29.3 Å². The van der Waals surface area contributed by atoms with Crippen molar-refractivity contribution in [1.29, 1.82) is 0 Å². The van der Waals surface area contributed by atoms with Crippen LogP contribution in [0.4, 0.5) is 0 Å². The molecule has 0 aromatic heterocycles. The molecule has 2 atom stereocenters. The van der Waals surface area contributed by atoms with Crippen LogP contribution in [0.15, 0.2) is 24.3 Å². The quantitative estimate of drug-likeness (QED) is 0.491. The summed E-state index contributed by atoms with van der Waals surface area (Å²) in [7, 11) is 0. The first kappa shape index (κ1) is 16.3. The van der Waals surface area contributed by atoms with Crippen molar-refractivity contribution in [2.24, 2.45) is 0 Å². The van der Waals surface area contributed by atoms with Gasteiger partial charge in [0.2, 0.25) is 0 Å². The molecule has 6 nitrogen and oxygen atoms in total. The SMILES string of the molecule is C/C=C\C(=O)OC(CO)C(CO)OC(=O)/C=C\C. The largest absolute Gasteiger partial charge is 0.453 e. The van der Waals surface area contributed by atoms with Crippen LogP contribution in [0.25, 0.3) is 0 Å². The Morgan fingerprint density at radius 2 is 1.28 bits per heavy atom. The van der Waals surface area contributed by atoms with E-state index in [1.54, 1.807) is 13.8 Å². The van der Waals surface area contributed by atoms with E-state index in [1.165, 1.54) is 12.2 Å². The molecule has 18 heavy (non-hydrogen) atoms. The molecule has 6 heteroatoms. The molecule has 102 valence electrons. The predicted octanol–water partition coefficient (Wildman–Crippen LogP) is -0.0532. The lowest BCUT2D eigenvalue weighted by atomic mass is 10.2. The Labute approximate surface area is 106 Å². The van der Waals surface area contributed by atoms with Gasteiger partial charge in [-0.3, -0.25) is 0 Å². The van der Waals surface area contributed by atoms with Gasteiger partial charge >= 0.3 is 11.9 Å². The molecule has 0 saturated heterocycles. The van der Waals surface area contributed by atoms with E-state index >= 15 is 0 Å². The molecular weight excluding hydrogens is 240 g/mol. The van der Waals surface area contributed by atoms with Crippen LogP contribution in [-0.4, -0.2) is 47.6 Å². The number of carbonyl (C=O) groups excluding carboxylic acids is 2. The van der Waals surface area contributed by atoms with Crippen molar-refractivity contribution in [3.05, 3.63) is 24.3 Å². The van der Waals surface area contributed by atoms with E-state index in [0.29, 0.717) is 0 Å². The molecule has 2 unspecified atom stereocenters. The summed E-state index contributed by atoms with van der Waals surface area (Å²) in [6.07, 6.45) is 3.05. The maximum Gasteiger partial charge on any atom is 0.330 e. The molecule has 0 heterocycles. The van der Waals surface area contributed by atoms with Gasteiger partial charge < -0.3 is 19.7 Å². The van der Waals surface area contributed by atoms with Gasteiger partial charge in [-0.25, -0.2) is 9.59 Å². The van der Waals surface area contributed by atoms with Crippen molar-refractivity contribution in [3.8, 4) is 0 Å². The molecule has 0 saturated carbocycles. The van der Waals surface area contributed by atoms with E-state index in [0.717, 1.165) is 12.2 Å². The van der Waals surface area contributed by atoms with E-state index < -0.39 is 37.4 Å². The monoisotopic (exact) mass is 258 g/mol. The lowest BCUT2D eigenvalue weighted by Gasteiger charge is -2.22. The molecule has 2 N–H and O–H groups in total. The summed E-state index contributed by atoms with van der Waals surface area (Å²) in [6.45, 7) is 2.14. The standard InChI is InChI=1S/C12H18O6/c1-3-5-11(15)17-9(7-13)10(8-14)18-12(16)6-4-2/h3-6,9-10,13-14H,7-8H2,1-2H3/b5-3-,6-4-. The second-order valence-corrected chi connectivity index (χ2v) is 3.32. The normalized spacial score (nSPS) is 14.7. The van der Waals surface area contributed by atoms with E-state index in [-0.39, 0.29) is 0 Å². The minimum absolute atomic E-state index is 0.558. The summed E-state index contributed by atoms with van der Waals surface area (Å²) < 4.78 is 9.67. The van der Waals surface area contributed by atoms with Crippen LogP contribution < -0.4 is 0 Å². The maximum atomic E-state index is 11.2. The summed E-state index contributed by atoms with van der Waals surface area (Å²) >= 11 is 0. The lowest BCUT2D eigenvalue weighted by Crippen LogP contribution is -2.39. The van der Waals surface area contributed by atoms with Crippen molar-refractivity contribution in [2.45, 2.75) is 26.1 Å². The highest BCUT2D eigenvalue weighted by molar-refractivity contribution is 5.82. The highest BCUT2D eigenvalue weighted by Crippen LogP contribution is 2.06. The van der Waals surface area contributed by atoms with E-state index in [4.69, 9.17) is 19.7 Å². The van der Waals surface area contributed by atoms with Gasteiger partial charge in [0, 0.05) is 12.2 Å². The summed E-state index contributed by atoms with van der Waals surface area (Å²) in [5, 5.41) is 18.1. The van der Waals surface area contributed by atoms with Gasteiger partial charge in [-0.15, -0.1) is 0 Å². The van der Waals surface area contributed by atoms with E-state index in [2.05, 4.69) is 0 Å². The van der Waals surface area contributed by atoms with Crippen molar-refractivity contribution in [3.63, 3.8) is 0 Å². The molecule has 0 aliphatic heterocycles. The Balaban J connectivity index is 4.56. The average Bonchev–Trinajstić information content (AvgIpc) is 2.34. The zero-order valence-electron chi connectivity index (χ0n) is 10.4. The van der Waals surface area contributed by atoms with Crippen LogP contribution in [0.2, 0.25) is 0 Å². The number of hydrogen-bond donors (Lipinski definition) is 2. The molecule has 0 aliphatic carbocycles. The number of allylic oxidation sites excluding steroid dienone is 2. The topological polar surface area (TPSA) is 93.1 Å². The third kappa shape index (κ3) is 6.17. The zero-order chi connectivity index (χ0) is 14.0. The van der Waals surface area contributed by atoms with Gasteiger partial charge in [0.15, 0.2) is 12.2 Å². The molecule has 0 radical (unpaired) electrons. The third-order valence-electron chi connectivity index (χ3n) is 1.92. The van der Waals surface area contributed by atoms with Gasteiger partial charge in [-0.05, 0) is 13.8 Å². The van der Waals surface area contributed by atoms with Crippen molar-refractivity contribution in [1.82, 2.24) is 0 Å². The zero-order valence-corrected chi connectivity index (χ0v) is 10.4. The van der Waals surface area contributed by atoms with Crippen LogP contribution in [0.1, 0.15) is 13.8 Å². The van der Waals surface area contributed by atoms with Gasteiger partial charge in [-0.2, -0.15) is 0 Å². The van der Waals surface area contributed by atoms with Crippen LogP contribution >= 0.6 is 0 Å². The van der Waals surface area contributed by atoms with Crippen LogP contribution in [-0.2, 0) is 19.1 Å². The number of aliphatic hydroxyl groups excluding tert-OH is 2. The summed E-state index contributed by atoms with van der Waals surface area (Å²) in [5.74, 6) is -1.37. The Morgan fingerprint density at radius 3 is 1.50 bits per heavy atom. The first-order valence-electron chi connectivity index (χ1n) is 5.47. The van der Waals surface area contributed by atoms with Crippen LogP contribution in [0.3, 0.4) is 0 Å². The first-order chi connectivity index (χ1) is 8.58. The van der Waals surface area contributed by atoms with E-state index in [1.807, 2.05) is 0 Å². The van der Waals surface area contributed by atoms with Crippen LogP contribution in [0.5, 0.6) is 0 Å². The number of rotatable bonds is 7. The summed E-state index contributed by atoms with van der Waals surface area (Å²) in [4.78, 5) is 22.4. The second-order valence-electron chi connectivity index (χ2n) is 3.32.